The number of carbonyl (C=O) groups is 1. The first-order valence-electron chi connectivity index (χ1n) is 9.55. The van der Waals surface area contributed by atoms with Crippen LogP contribution in [0, 0.1) is 0 Å². The zero-order valence-electron chi connectivity index (χ0n) is 16.1. The molecule has 2 heterocycles. The maximum absolute atomic E-state index is 12.8. The van der Waals surface area contributed by atoms with E-state index < -0.39 is 18.5 Å². The van der Waals surface area contributed by atoms with E-state index in [2.05, 4.69) is 0 Å². The number of hydrogen-bond acceptors (Lipinski definition) is 3. The molecule has 0 N–H and O–H groups in total. The average molecular weight is 405 g/mol. The maximum atomic E-state index is 12.8. The van der Waals surface area contributed by atoms with Crippen molar-refractivity contribution in [3.63, 3.8) is 0 Å². The van der Waals surface area contributed by atoms with E-state index >= 15 is 0 Å². The van der Waals surface area contributed by atoms with Crippen LogP contribution in [0.15, 0.2) is 42.5 Å². The second-order valence-corrected chi connectivity index (χ2v) is 7.62. The second-order valence-electron chi connectivity index (χ2n) is 7.62. The van der Waals surface area contributed by atoms with Crippen molar-refractivity contribution in [2.75, 3.05) is 31.8 Å². The predicted molar refractivity (Wildman–Crippen MR) is 103 cm³/mol. The van der Waals surface area contributed by atoms with E-state index in [0.717, 1.165) is 22.4 Å². The molecule has 1 fully saturated rings. The summed E-state index contributed by atoms with van der Waals surface area (Å²) in [5.74, 6) is -0.154. The molecule has 0 atom stereocenters. The minimum atomic E-state index is -4.52. The molecule has 0 unspecified atom stereocenters. The normalized spacial score (nSPS) is 18.0. The van der Waals surface area contributed by atoms with Crippen molar-refractivity contribution in [3.8, 4) is 16.9 Å². The van der Waals surface area contributed by atoms with Gasteiger partial charge in [-0.2, -0.15) is 13.2 Å². The number of carbonyl (C=O) groups excluding carboxylic acids is 1. The summed E-state index contributed by atoms with van der Waals surface area (Å²) < 4.78 is 49.2. The summed E-state index contributed by atoms with van der Waals surface area (Å²) in [5.41, 5.74) is 3.10. The smallest absolute Gasteiger partial charge is 0.397 e. The largest absolute Gasteiger partial charge is 0.497 e. The van der Waals surface area contributed by atoms with Crippen molar-refractivity contribution in [3.05, 3.63) is 48.0 Å². The number of alkyl halides is 3. The fraction of sp³-hybridized carbons (Fsp3) is 0.409. The van der Waals surface area contributed by atoms with Crippen LogP contribution in [0.5, 0.6) is 5.75 Å². The van der Waals surface area contributed by atoms with Crippen molar-refractivity contribution in [1.82, 2.24) is 0 Å². The SMILES string of the molecule is COc1ccc(-c2ccc3c(c2)C2(CCOCC2)CN3C(=O)CC(F)(F)F)cc1. The highest BCUT2D eigenvalue weighted by Crippen LogP contribution is 2.48. The van der Waals surface area contributed by atoms with Crippen LogP contribution in [0.1, 0.15) is 24.8 Å². The Hall–Kier alpha value is -2.54. The quantitative estimate of drug-likeness (QED) is 0.743. The zero-order chi connectivity index (χ0) is 20.6. The van der Waals surface area contributed by atoms with Gasteiger partial charge in [0.05, 0.1) is 7.11 Å². The van der Waals surface area contributed by atoms with E-state index in [1.165, 1.54) is 4.90 Å². The highest BCUT2D eigenvalue weighted by atomic mass is 19.4. The summed E-state index contributed by atoms with van der Waals surface area (Å²) in [6.45, 7) is 1.34. The molecule has 0 bridgehead atoms. The molecule has 4 nitrogen and oxygen atoms in total. The summed E-state index contributed by atoms with van der Waals surface area (Å²) in [6.07, 6.45) is -4.60. The molecule has 1 amide bonds. The van der Waals surface area contributed by atoms with Gasteiger partial charge in [0.25, 0.3) is 0 Å². The Morgan fingerprint density at radius 1 is 1.10 bits per heavy atom. The summed E-state index contributed by atoms with van der Waals surface area (Å²) in [5, 5.41) is 0. The summed E-state index contributed by atoms with van der Waals surface area (Å²) in [4.78, 5) is 13.7. The Kier molecular flexibility index (Phi) is 5.02. The van der Waals surface area contributed by atoms with Crippen LogP contribution in [-0.2, 0) is 14.9 Å². The number of nitrogens with zero attached hydrogens (tertiary/aromatic N) is 1. The molecular formula is C22H22F3NO3. The van der Waals surface area contributed by atoms with Crippen molar-refractivity contribution >= 4 is 11.6 Å². The van der Waals surface area contributed by atoms with Crippen molar-refractivity contribution in [1.29, 1.82) is 0 Å². The van der Waals surface area contributed by atoms with Crippen LogP contribution in [0.2, 0.25) is 0 Å². The predicted octanol–water partition coefficient (Wildman–Crippen LogP) is 4.71. The van der Waals surface area contributed by atoms with Gasteiger partial charge in [-0.3, -0.25) is 4.79 Å². The summed E-state index contributed by atoms with van der Waals surface area (Å²) in [7, 11) is 1.60. The molecule has 7 heteroatoms. The van der Waals surface area contributed by atoms with Gasteiger partial charge in [0.15, 0.2) is 0 Å². The third-order valence-corrected chi connectivity index (χ3v) is 5.85. The van der Waals surface area contributed by atoms with E-state index in [1.54, 1.807) is 13.2 Å². The molecule has 29 heavy (non-hydrogen) atoms. The van der Waals surface area contributed by atoms with Crippen LogP contribution in [0.4, 0.5) is 18.9 Å². The minimum Gasteiger partial charge on any atom is -0.497 e. The third-order valence-electron chi connectivity index (χ3n) is 5.85. The molecule has 1 saturated heterocycles. The van der Waals surface area contributed by atoms with E-state index in [9.17, 15) is 18.0 Å². The Morgan fingerprint density at radius 2 is 1.76 bits per heavy atom. The van der Waals surface area contributed by atoms with E-state index in [1.807, 2.05) is 36.4 Å². The Balaban J connectivity index is 1.73. The Bertz CT molecular complexity index is 903. The first kappa shape index (κ1) is 19.8. The highest BCUT2D eigenvalue weighted by molar-refractivity contribution is 5.97. The maximum Gasteiger partial charge on any atom is 0.397 e. The molecule has 1 spiro atoms. The van der Waals surface area contributed by atoms with Gasteiger partial charge in [0.1, 0.15) is 12.2 Å². The summed E-state index contributed by atoms with van der Waals surface area (Å²) in [6, 6.07) is 13.3. The summed E-state index contributed by atoms with van der Waals surface area (Å²) >= 11 is 0. The lowest BCUT2D eigenvalue weighted by Crippen LogP contribution is -2.41. The highest BCUT2D eigenvalue weighted by Gasteiger charge is 2.47. The fourth-order valence-corrected chi connectivity index (χ4v) is 4.31. The monoisotopic (exact) mass is 405 g/mol. The van der Waals surface area contributed by atoms with Crippen LogP contribution in [-0.4, -0.2) is 39.0 Å². The van der Waals surface area contributed by atoms with Gasteiger partial charge in [-0.15, -0.1) is 0 Å². The fourth-order valence-electron chi connectivity index (χ4n) is 4.31. The molecule has 154 valence electrons. The Morgan fingerprint density at radius 3 is 2.38 bits per heavy atom. The number of halogens is 3. The van der Waals surface area contributed by atoms with Gasteiger partial charge in [-0.25, -0.2) is 0 Å². The molecular weight excluding hydrogens is 383 g/mol. The molecule has 0 aromatic heterocycles. The lowest BCUT2D eigenvalue weighted by molar-refractivity contribution is -0.152. The van der Waals surface area contributed by atoms with E-state index in [4.69, 9.17) is 9.47 Å². The van der Waals surface area contributed by atoms with E-state index in [-0.39, 0.29) is 12.0 Å². The van der Waals surface area contributed by atoms with Crippen LogP contribution < -0.4 is 9.64 Å². The third kappa shape index (κ3) is 3.83. The van der Waals surface area contributed by atoms with Gasteiger partial charge in [-0.05, 0) is 53.8 Å². The average Bonchev–Trinajstić information content (AvgIpc) is 3.01. The number of benzene rings is 2. The number of fused-ring (bicyclic) bond motifs is 2. The number of methoxy groups -OCH3 is 1. The van der Waals surface area contributed by atoms with Gasteiger partial charge in [0, 0.05) is 30.9 Å². The molecule has 0 saturated carbocycles. The van der Waals surface area contributed by atoms with Crippen LogP contribution in [0.3, 0.4) is 0 Å². The van der Waals surface area contributed by atoms with Gasteiger partial charge < -0.3 is 14.4 Å². The molecule has 2 aliphatic heterocycles. The van der Waals surface area contributed by atoms with Crippen molar-refractivity contribution in [2.45, 2.75) is 30.9 Å². The van der Waals surface area contributed by atoms with Crippen LogP contribution >= 0.6 is 0 Å². The van der Waals surface area contributed by atoms with Crippen LogP contribution in [0.25, 0.3) is 11.1 Å². The van der Waals surface area contributed by atoms with Gasteiger partial charge in [-0.1, -0.05) is 18.2 Å². The lowest BCUT2D eigenvalue weighted by atomic mass is 9.75. The molecule has 2 aliphatic rings. The first-order chi connectivity index (χ1) is 13.8. The first-order valence-corrected chi connectivity index (χ1v) is 9.55. The number of rotatable bonds is 3. The van der Waals surface area contributed by atoms with Crippen molar-refractivity contribution < 1.29 is 27.4 Å². The number of anilines is 1. The van der Waals surface area contributed by atoms with Gasteiger partial charge in [0.2, 0.25) is 5.91 Å². The molecule has 2 aromatic carbocycles. The second kappa shape index (κ2) is 7.37. The standard InChI is InChI=1S/C22H22F3NO3/c1-28-17-5-2-15(3-6-17)16-4-7-19-18(12-16)21(8-10-29-11-9-21)14-26(19)20(27)13-22(23,24)25/h2-7,12H,8-11,13-14H2,1H3. The van der Waals surface area contributed by atoms with Gasteiger partial charge >= 0.3 is 6.18 Å². The molecule has 0 radical (unpaired) electrons. The number of amides is 1. The zero-order valence-corrected chi connectivity index (χ0v) is 16.1. The molecule has 4 rings (SSSR count). The van der Waals surface area contributed by atoms with E-state index in [0.29, 0.717) is 31.7 Å². The topological polar surface area (TPSA) is 38.8 Å². The molecule has 0 aliphatic carbocycles. The van der Waals surface area contributed by atoms with Crippen molar-refractivity contribution in [2.24, 2.45) is 0 Å². The lowest BCUT2D eigenvalue weighted by Gasteiger charge is -2.34. The minimum absolute atomic E-state index is 0.271. The number of hydrogen-bond donors (Lipinski definition) is 0. The molecule has 2 aromatic rings. The number of ether oxygens (including phenoxy) is 2. The Labute approximate surface area is 167 Å².